The second-order valence-electron chi connectivity index (χ2n) is 7.70. The SMILES string of the molecule is O=C(N/N=C/c1ccncc1)c1ccc(-n2c(-c3ccccc3)ccc2-c2ccccc2)cc1. The number of hydrogen-bond acceptors (Lipinski definition) is 3. The number of nitrogens with zero attached hydrogens (tertiary/aromatic N) is 3. The van der Waals surface area contributed by atoms with Crippen LogP contribution in [0.4, 0.5) is 0 Å². The summed E-state index contributed by atoms with van der Waals surface area (Å²) in [7, 11) is 0. The topological polar surface area (TPSA) is 59.3 Å². The summed E-state index contributed by atoms with van der Waals surface area (Å²) < 4.78 is 2.22. The lowest BCUT2D eigenvalue weighted by atomic mass is 10.1. The van der Waals surface area contributed by atoms with Gasteiger partial charge >= 0.3 is 0 Å². The number of hydrazone groups is 1. The summed E-state index contributed by atoms with van der Waals surface area (Å²) in [6, 6.07) is 36.0. The van der Waals surface area contributed by atoms with Gasteiger partial charge in [0.25, 0.3) is 5.91 Å². The van der Waals surface area contributed by atoms with E-state index in [9.17, 15) is 4.79 Å². The number of carbonyl (C=O) groups is 1. The van der Waals surface area contributed by atoms with Crippen molar-refractivity contribution in [2.75, 3.05) is 0 Å². The number of rotatable bonds is 6. The highest BCUT2D eigenvalue weighted by Gasteiger charge is 2.14. The predicted octanol–water partition coefficient (Wildman–Crippen LogP) is 5.97. The Kier molecular flexibility index (Phi) is 6.08. The van der Waals surface area contributed by atoms with Gasteiger partial charge in [-0.25, -0.2) is 5.43 Å². The van der Waals surface area contributed by atoms with E-state index in [4.69, 9.17) is 0 Å². The molecule has 0 bridgehead atoms. The largest absolute Gasteiger partial charge is 0.309 e. The van der Waals surface area contributed by atoms with E-state index >= 15 is 0 Å². The van der Waals surface area contributed by atoms with Crippen LogP contribution < -0.4 is 5.43 Å². The highest BCUT2D eigenvalue weighted by Crippen LogP contribution is 2.32. The molecule has 164 valence electrons. The molecule has 5 aromatic rings. The number of carbonyl (C=O) groups excluding carboxylic acids is 1. The summed E-state index contributed by atoms with van der Waals surface area (Å²) in [5.74, 6) is -0.268. The van der Waals surface area contributed by atoms with Crippen LogP contribution in [0, 0.1) is 0 Å². The van der Waals surface area contributed by atoms with Gasteiger partial charge in [-0.3, -0.25) is 9.78 Å². The summed E-state index contributed by atoms with van der Waals surface area (Å²) in [5.41, 5.74) is 9.35. The standard InChI is InChI=1S/C29H22N4O/c34-29(32-31-21-22-17-19-30-20-18-22)25-11-13-26(14-12-25)33-27(23-7-3-1-4-8-23)15-16-28(33)24-9-5-2-6-10-24/h1-21H,(H,32,34)/b31-21+. The molecule has 0 aliphatic heterocycles. The number of pyridine rings is 1. The summed E-state index contributed by atoms with van der Waals surface area (Å²) >= 11 is 0. The Labute approximate surface area is 198 Å². The Hall–Kier alpha value is -4.77. The third-order valence-corrected chi connectivity index (χ3v) is 5.49. The molecule has 3 aromatic carbocycles. The lowest BCUT2D eigenvalue weighted by Crippen LogP contribution is -2.17. The lowest BCUT2D eigenvalue weighted by Gasteiger charge is -2.15. The highest BCUT2D eigenvalue weighted by atomic mass is 16.2. The van der Waals surface area contributed by atoms with Crippen LogP contribution in [-0.4, -0.2) is 21.7 Å². The molecule has 2 aromatic heterocycles. The average molecular weight is 443 g/mol. The van der Waals surface area contributed by atoms with Crippen LogP contribution in [0.1, 0.15) is 15.9 Å². The molecule has 1 amide bonds. The van der Waals surface area contributed by atoms with E-state index in [1.165, 1.54) is 0 Å². The fraction of sp³-hybridized carbons (Fsp3) is 0. The number of benzene rings is 3. The van der Waals surface area contributed by atoms with Crippen molar-refractivity contribution in [3.63, 3.8) is 0 Å². The maximum absolute atomic E-state index is 12.6. The first-order chi connectivity index (χ1) is 16.8. The van der Waals surface area contributed by atoms with Gasteiger partial charge in [0.1, 0.15) is 0 Å². The molecule has 2 heterocycles. The van der Waals surface area contributed by atoms with Crippen LogP contribution in [-0.2, 0) is 0 Å². The quantitative estimate of drug-likeness (QED) is 0.260. The lowest BCUT2D eigenvalue weighted by molar-refractivity contribution is 0.0955. The minimum Gasteiger partial charge on any atom is -0.309 e. The number of aromatic nitrogens is 2. The van der Waals surface area contributed by atoms with Crippen LogP contribution in [0.25, 0.3) is 28.2 Å². The van der Waals surface area contributed by atoms with Gasteiger partial charge < -0.3 is 4.57 Å². The van der Waals surface area contributed by atoms with E-state index in [0.717, 1.165) is 33.8 Å². The van der Waals surface area contributed by atoms with Gasteiger partial charge in [0.05, 0.1) is 17.6 Å². The summed E-state index contributed by atoms with van der Waals surface area (Å²) in [6.07, 6.45) is 4.94. The molecule has 0 unspecified atom stereocenters. The summed E-state index contributed by atoms with van der Waals surface area (Å²) in [6.45, 7) is 0. The molecule has 0 saturated carbocycles. The molecule has 0 saturated heterocycles. The first kappa shape index (κ1) is 21.1. The van der Waals surface area contributed by atoms with Crippen molar-refractivity contribution >= 4 is 12.1 Å². The average Bonchev–Trinajstić information content (AvgIpc) is 3.36. The third kappa shape index (κ3) is 4.54. The normalized spacial score (nSPS) is 10.9. The minimum atomic E-state index is -0.268. The van der Waals surface area contributed by atoms with Crippen molar-refractivity contribution < 1.29 is 4.79 Å². The van der Waals surface area contributed by atoms with Gasteiger partial charge in [0, 0.05) is 23.6 Å². The van der Waals surface area contributed by atoms with Gasteiger partial charge in [-0.2, -0.15) is 5.10 Å². The molecular weight excluding hydrogens is 420 g/mol. The second kappa shape index (κ2) is 9.79. The number of amides is 1. The monoisotopic (exact) mass is 442 g/mol. The van der Waals surface area contributed by atoms with Crippen molar-refractivity contribution in [1.82, 2.24) is 15.0 Å². The molecule has 5 rings (SSSR count). The number of nitrogens with one attached hydrogen (secondary N) is 1. The van der Waals surface area contributed by atoms with E-state index < -0.39 is 0 Å². The van der Waals surface area contributed by atoms with Crippen LogP contribution in [0.3, 0.4) is 0 Å². The van der Waals surface area contributed by atoms with Crippen molar-refractivity contribution in [1.29, 1.82) is 0 Å². The van der Waals surface area contributed by atoms with Gasteiger partial charge in [-0.05, 0) is 65.2 Å². The van der Waals surface area contributed by atoms with Crippen LogP contribution >= 0.6 is 0 Å². The van der Waals surface area contributed by atoms with E-state index in [1.54, 1.807) is 18.6 Å². The highest BCUT2D eigenvalue weighted by molar-refractivity contribution is 5.95. The van der Waals surface area contributed by atoms with Crippen LogP contribution in [0.5, 0.6) is 0 Å². The van der Waals surface area contributed by atoms with Crippen LogP contribution in [0.15, 0.2) is 127 Å². The molecule has 0 aliphatic rings. The van der Waals surface area contributed by atoms with Gasteiger partial charge in [-0.1, -0.05) is 60.7 Å². The van der Waals surface area contributed by atoms with Crippen molar-refractivity contribution in [2.45, 2.75) is 0 Å². The molecule has 1 N–H and O–H groups in total. The molecule has 0 radical (unpaired) electrons. The Bertz CT molecular complexity index is 1350. The molecule has 5 nitrogen and oxygen atoms in total. The first-order valence-corrected chi connectivity index (χ1v) is 11.0. The van der Waals surface area contributed by atoms with E-state index in [-0.39, 0.29) is 5.91 Å². The van der Waals surface area contributed by atoms with Gasteiger partial charge in [0.2, 0.25) is 0 Å². The second-order valence-corrected chi connectivity index (χ2v) is 7.70. The molecule has 5 heteroatoms. The Morgan fingerprint density at radius 3 is 1.82 bits per heavy atom. The third-order valence-electron chi connectivity index (χ3n) is 5.49. The predicted molar refractivity (Wildman–Crippen MR) is 136 cm³/mol. The van der Waals surface area contributed by atoms with Gasteiger partial charge in [-0.15, -0.1) is 0 Å². The Morgan fingerprint density at radius 2 is 1.26 bits per heavy atom. The molecule has 0 fully saturated rings. The maximum atomic E-state index is 12.6. The molecule has 0 spiro atoms. The summed E-state index contributed by atoms with van der Waals surface area (Å²) in [5, 5.41) is 4.04. The zero-order valence-corrected chi connectivity index (χ0v) is 18.4. The van der Waals surface area contributed by atoms with E-state index in [0.29, 0.717) is 5.56 Å². The van der Waals surface area contributed by atoms with Crippen molar-refractivity contribution in [3.05, 3.63) is 133 Å². The van der Waals surface area contributed by atoms with Crippen molar-refractivity contribution in [3.8, 4) is 28.2 Å². The Balaban J connectivity index is 1.45. The fourth-order valence-corrected chi connectivity index (χ4v) is 3.82. The van der Waals surface area contributed by atoms with Crippen LogP contribution in [0.2, 0.25) is 0 Å². The summed E-state index contributed by atoms with van der Waals surface area (Å²) in [4.78, 5) is 16.5. The maximum Gasteiger partial charge on any atom is 0.271 e. The van der Waals surface area contributed by atoms with Gasteiger partial charge in [0.15, 0.2) is 0 Å². The minimum absolute atomic E-state index is 0.268. The fourth-order valence-electron chi connectivity index (χ4n) is 3.82. The van der Waals surface area contributed by atoms with Crippen molar-refractivity contribution in [2.24, 2.45) is 5.10 Å². The molecule has 0 aliphatic carbocycles. The molecular formula is C29H22N4O. The number of hydrogen-bond donors (Lipinski definition) is 1. The first-order valence-electron chi connectivity index (χ1n) is 11.0. The molecule has 34 heavy (non-hydrogen) atoms. The molecule has 0 atom stereocenters. The smallest absolute Gasteiger partial charge is 0.271 e. The van der Waals surface area contributed by atoms with E-state index in [1.807, 2.05) is 72.8 Å². The van der Waals surface area contributed by atoms with E-state index in [2.05, 4.69) is 56.5 Å². The zero-order chi connectivity index (χ0) is 23.2. The Morgan fingerprint density at radius 1 is 0.706 bits per heavy atom. The zero-order valence-electron chi connectivity index (χ0n) is 18.4.